The molecule has 0 amide bonds. The van der Waals surface area contributed by atoms with Gasteiger partial charge in [0.2, 0.25) is 0 Å². The van der Waals surface area contributed by atoms with Gasteiger partial charge in [0.25, 0.3) is 0 Å². The van der Waals surface area contributed by atoms with Crippen LogP contribution in [0.2, 0.25) is 0 Å². The summed E-state index contributed by atoms with van der Waals surface area (Å²) in [6.07, 6.45) is 5.42. The predicted octanol–water partition coefficient (Wildman–Crippen LogP) is 1.85. The monoisotopic (exact) mass is 189 g/mol. The van der Waals surface area contributed by atoms with Gasteiger partial charge < -0.3 is 4.57 Å². The number of nitrogens with one attached hydrogen (secondary N) is 1. The minimum Gasteiger partial charge on any atom is -0.306 e. The van der Waals surface area contributed by atoms with Crippen molar-refractivity contribution >= 4 is 5.69 Å². The molecule has 0 spiro atoms. The molecule has 0 atom stereocenters. The SMILES string of the molecule is CONc1ccc(-n2ccnc2)cc1. The molecule has 2 aromatic rings. The van der Waals surface area contributed by atoms with Crippen LogP contribution in [0.1, 0.15) is 0 Å². The molecule has 1 heterocycles. The van der Waals surface area contributed by atoms with Gasteiger partial charge in [-0.25, -0.2) is 4.98 Å². The summed E-state index contributed by atoms with van der Waals surface area (Å²) in [4.78, 5) is 8.77. The summed E-state index contributed by atoms with van der Waals surface area (Å²) >= 11 is 0. The maximum absolute atomic E-state index is 4.79. The first-order valence-electron chi connectivity index (χ1n) is 4.27. The van der Waals surface area contributed by atoms with Gasteiger partial charge in [0, 0.05) is 18.1 Å². The van der Waals surface area contributed by atoms with E-state index in [2.05, 4.69) is 10.5 Å². The van der Waals surface area contributed by atoms with Crippen LogP contribution in [0.4, 0.5) is 5.69 Å². The van der Waals surface area contributed by atoms with Crippen molar-refractivity contribution in [3.8, 4) is 5.69 Å². The van der Waals surface area contributed by atoms with Crippen molar-refractivity contribution in [1.29, 1.82) is 0 Å². The first kappa shape index (κ1) is 8.77. The van der Waals surface area contributed by atoms with E-state index in [0.717, 1.165) is 11.4 Å². The lowest BCUT2D eigenvalue weighted by Gasteiger charge is -2.05. The molecule has 1 aromatic heterocycles. The van der Waals surface area contributed by atoms with Crippen LogP contribution in [0.5, 0.6) is 0 Å². The van der Waals surface area contributed by atoms with Crippen molar-refractivity contribution in [2.45, 2.75) is 0 Å². The van der Waals surface area contributed by atoms with Crippen molar-refractivity contribution in [1.82, 2.24) is 9.55 Å². The molecule has 0 saturated heterocycles. The third-order valence-corrected chi connectivity index (χ3v) is 1.89. The zero-order valence-electron chi connectivity index (χ0n) is 7.84. The smallest absolute Gasteiger partial charge is 0.0991 e. The fraction of sp³-hybridized carbons (Fsp3) is 0.100. The van der Waals surface area contributed by atoms with Crippen molar-refractivity contribution < 1.29 is 4.84 Å². The van der Waals surface area contributed by atoms with Crippen LogP contribution in [0, 0.1) is 0 Å². The van der Waals surface area contributed by atoms with E-state index in [9.17, 15) is 0 Å². The molecule has 0 saturated carbocycles. The highest BCUT2D eigenvalue weighted by Crippen LogP contribution is 2.12. The summed E-state index contributed by atoms with van der Waals surface area (Å²) in [5.41, 5.74) is 4.76. The Kier molecular flexibility index (Phi) is 2.46. The number of imidazole rings is 1. The minimum atomic E-state index is 0.927. The Labute approximate surface area is 82.1 Å². The van der Waals surface area contributed by atoms with Gasteiger partial charge in [-0.1, -0.05) is 0 Å². The maximum Gasteiger partial charge on any atom is 0.0991 e. The lowest BCUT2D eigenvalue weighted by Crippen LogP contribution is -1.96. The van der Waals surface area contributed by atoms with Crippen molar-refractivity contribution in [2.24, 2.45) is 0 Å². The quantitative estimate of drug-likeness (QED) is 0.749. The summed E-state index contributed by atoms with van der Waals surface area (Å²) in [5, 5.41) is 0. The number of hydrogen-bond donors (Lipinski definition) is 1. The Morgan fingerprint density at radius 1 is 1.29 bits per heavy atom. The van der Waals surface area contributed by atoms with Crippen LogP contribution in [0.25, 0.3) is 5.69 Å². The molecule has 0 aliphatic rings. The van der Waals surface area contributed by atoms with E-state index >= 15 is 0 Å². The first-order valence-corrected chi connectivity index (χ1v) is 4.27. The number of hydrogen-bond acceptors (Lipinski definition) is 3. The third-order valence-electron chi connectivity index (χ3n) is 1.89. The van der Waals surface area contributed by atoms with Gasteiger partial charge in [-0.15, -0.1) is 0 Å². The zero-order chi connectivity index (χ0) is 9.80. The van der Waals surface area contributed by atoms with Gasteiger partial charge in [-0.3, -0.25) is 10.3 Å². The molecule has 2 rings (SSSR count). The van der Waals surface area contributed by atoms with E-state index in [1.54, 1.807) is 19.6 Å². The van der Waals surface area contributed by atoms with E-state index in [-0.39, 0.29) is 0 Å². The Morgan fingerprint density at radius 3 is 2.64 bits per heavy atom. The molecular weight excluding hydrogens is 178 g/mol. The first-order chi connectivity index (χ1) is 6.90. The van der Waals surface area contributed by atoms with Gasteiger partial charge in [0.1, 0.15) is 0 Å². The van der Waals surface area contributed by atoms with Gasteiger partial charge in [-0.05, 0) is 24.3 Å². The molecule has 0 radical (unpaired) electrons. The minimum absolute atomic E-state index is 0.927. The van der Waals surface area contributed by atoms with Crippen LogP contribution in [0.3, 0.4) is 0 Å². The van der Waals surface area contributed by atoms with Crippen LogP contribution < -0.4 is 5.48 Å². The second-order valence-electron chi connectivity index (χ2n) is 2.82. The second kappa shape index (κ2) is 3.93. The summed E-state index contributed by atoms with van der Waals surface area (Å²) in [7, 11) is 1.59. The Balaban J connectivity index is 2.22. The van der Waals surface area contributed by atoms with E-state index in [0.29, 0.717) is 0 Å². The summed E-state index contributed by atoms with van der Waals surface area (Å²) in [6, 6.07) is 7.86. The van der Waals surface area contributed by atoms with E-state index < -0.39 is 0 Å². The maximum atomic E-state index is 4.79. The average Bonchev–Trinajstić information content (AvgIpc) is 2.72. The van der Waals surface area contributed by atoms with E-state index in [1.165, 1.54) is 0 Å². The topological polar surface area (TPSA) is 39.1 Å². The normalized spacial score (nSPS) is 10.1. The molecular formula is C10H11N3O. The summed E-state index contributed by atoms with van der Waals surface area (Å²) < 4.78 is 1.94. The van der Waals surface area contributed by atoms with Crippen molar-refractivity contribution in [3.63, 3.8) is 0 Å². The second-order valence-corrected chi connectivity index (χ2v) is 2.82. The number of benzene rings is 1. The van der Waals surface area contributed by atoms with Gasteiger partial charge >= 0.3 is 0 Å². The molecule has 14 heavy (non-hydrogen) atoms. The summed E-state index contributed by atoms with van der Waals surface area (Å²) in [6.45, 7) is 0. The third kappa shape index (κ3) is 1.75. The van der Waals surface area contributed by atoms with Crippen LogP contribution in [0.15, 0.2) is 43.0 Å². The summed E-state index contributed by atoms with van der Waals surface area (Å²) in [5.74, 6) is 0. The molecule has 0 unspecified atom stereocenters. The number of anilines is 1. The number of aromatic nitrogens is 2. The van der Waals surface area contributed by atoms with E-state index in [1.807, 2.05) is 35.0 Å². The highest BCUT2D eigenvalue weighted by molar-refractivity contribution is 5.47. The highest BCUT2D eigenvalue weighted by Gasteiger charge is 1.94. The van der Waals surface area contributed by atoms with Gasteiger partial charge in [0.15, 0.2) is 0 Å². The van der Waals surface area contributed by atoms with Crippen LogP contribution in [-0.4, -0.2) is 16.7 Å². The molecule has 0 fully saturated rings. The van der Waals surface area contributed by atoms with Crippen molar-refractivity contribution in [2.75, 3.05) is 12.6 Å². The Morgan fingerprint density at radius 2 is 2.07 bits per heavy atom. The Bertz CT molecular complexity index is 380. The van der Waals surface area contributed by atoms with Crippen molar-refractivity contribution in [3.05, 3.63) is 43.0 Å². The fourth-order valence-corrected chi connectivity index (χ4v) is 1.23. The molecule has 4 nitrogen and oxygen atoms in total. The molecule has 0 aliphatic heterocycles. The zero-order valence-corrected chi connectivity index (χ0v) is 7.84. The number of rotatable bonds is 3. The van der Waals surface area contributed by atoms with Gasteiger partial charge in [-0.2, -0.15) is 0 Å². The molecule has 1 aromatic carbocycles. The average molecular weight is 189 g/mol. The van der Waals surface area contributed by atoms with Gasteiger partial charge in [0.05, 0.1) is 19.1 Å². The van der Waals surface area contributed by atoms with Crippen LogP contribution >= 0.6 is 0 Å². The van der Waals surface area contributed by atoms with E-state index in [4.69, 9.17) is 4.84 Å². The molecule has 72 valence electrons. The molecule has 0 bridgehead atoms. The lowest BCUT2D eigenvalue weighted by atomic mass is 10.3. The molecule has 1 N–H and O–H groups in total. The Hall–Kier alpha value is -1.81. The number of nitrogens with zero attached hydrogens (tertiary/aromatic N) is 2. The predicted molar refractivity (Wildman–Crippen MR) is 54.2 cm³/mol. The molecule has 4 heteroatoms. The molecule has 0 aliphatic carbocycles. The largest absolute Gasteiger partial charge is 0.306 e. The fourth-order valence-electron chi connectivity index (χ4n) is 1.23. The highest BCUT2D eigenvalue weighted by atomic mass is 16.6. The lowest BCUT2D eigenvalue weighted by molar-refractivity contribution is 0.271. The standard InChI is InChI=1S/C10H11N3O/c1-14-12-9-2-4-10(5-3-9)13-7-6-11-8-13/h2-8,12H,1H3. The van der Waals surface area contributed by atoms with Crippen LogP contribution in [-0.2, 0) is 4.84 Å².